The molecule has 0 aromatic heterocycles. The first-order chi connectivity index (χ1) is 7.18. The van der Waals surface area contributed by atoms with Crippen LogP contribution in [0.25, 0.3) is 0 Å². The minimum absolute atomic E-state index is 0.0231. The van der Waals surface area contributed by atoms with Crippen LogP contribution in [-0.2, 0) is 17.6 Å². The lowest BCUT2D eigenvalue weighted by Gasteiger charge is -2.20. The van der Waals surface area contributed by atoms with Crippen LogP contribution in [0.1, 0.15) is 30.9 Å². The van der Waals surface area contributed by atoms with E-state index in [9.17, 15) is 4.79 Å². The Bertz CT molecular complexity index is 401. The van der Waals surface area contributed by atoms with Crippen LogP contribution in [0.2, 0.25) is 5.02 Å². The molecule has 0 bridgehead atoms. The Morgan fingerprint density at radius 3 is 2.60 bits per heavy atom. The smallest absolute Gasteiger partial charge is 0.221 e. The third-order valence-corrected chi connectivity index (χ3v) is 3.14. The van der Waals surface area contributed by atoms with Gasteiger partial charge in [-0.1, -0.05) is 11.6 Å². The van der Waals surface area contributed by atoms with Crippen molar-refractivity contribution in [2.75, 3.05) is 5.32 Å². The van der Waals surface area contributed by atoms with E-state index < -0.39 is 0 Å². The molecule has 0 heterocycles. The largest absolute Gasteiger partial charge is 0.326 e. The molecule has 2 nitrogen and oxygen atoms in total. The summed E-state index contributed by atoms with van der Waals surface area (Å²) >= 11 is 6.14. The standard InChI is InChI=1S/C12H14ClNO/c1-8(15)14-12-7-6-11(13)9-4-2-3-5-10(9)12/h6-7H,2-5H2,1H3,(H,14,15). The maximum absolute atomic E-state index is 11.0. The van der Waals surface area contributed by atoms with Crippen molar-refractivity contribution >= 4 is 23.2 Å². The fraction of sp³-hybridized carbons (Fsp3) is 0.417. The lowest BCUT2D eigenvalue weighted by atomic mass is 9.90. The number of carbonyl (C=O) groups is 1. The van der Waals surface area contributed by atoms with Crippen LogP contribution in [0.15, 0.2) is 12.1 Å². The second kappa shape index (κ2) is 4.23. The van der Waals surface area contributed by atoms with E-state index in [1.807, 2.05) is 12.1 Å². The van der Waals surface area contributed by atoms with Gasteiger partial charge in [0.1, 0.15) is 0 Å². The van der Waals surface area contributed by atoms with Gasteiger partial charge in [-0.3, -0.25) is 4.79 Å². The van der Waals surface area contributed by atoms with Gasteiger partial charge in [-0.15, -0.1) is 0 Å². The molecule has 15 heavy (non-hydrogen) atoms. The Labute approximate surface area is 94.6 Å². The number of hydrogen-bond acceptors (Lipinski definition) is 1. The molecule has 1 aliphatic carbocycles. The van der Waals surface area contributed by atoms with E-state index in [4.69, 9.17) is 11.6 Å². The summed E-state index contributed by atoms with van der Waals surface area (Å²) in [7, 11) is 0. The predicted octanol–water partition coefficient (Wildman–Crippen LogP) is 3.18. The summed E-state index contributed by atoms with van der Waals surface area (Å²) in [5, 5.41) is 3.69. The van der Waals surface area contributed by atoms with E-state index in [0.29, 0.717) is 0 Å². The van der Waals surface area contributed by atoms with Gasteiger partial charge >= 0.3 is 0 Å². The minimum Gasteiger partial charge on any atom is -0.326 e. The quantitative estimate of drug-likeness (QED) is 0.779. The first-order valence-corrected chi connectivity index (χ1v) is 5.64. The molecule has 80 valence electrons. The second-order valence-corrected chi connectivity index (χ2v) is 4.35. The Balaban J connectivity index is 2.43. The van der Waals surface area contributed by atoms with Gasteiger partial charge in [0.2, 0.25) is 5.91 Å². The molecule has 0 unspecified atom stereocenters. The van der Waals surface area contributed by atoms with Gasteiger partial charge < -0.3 is 5.32 Å². The molecule has 0 atom stereocenters. The number of amides is 1. The van der Waals surface area contributed by atoms with Crippen molar-refractivity contribution in [2.24, 2.45) is 0 Å². The summed E-state index contributed by atoms with van der Waals surface area (Å²) in [6.07, 6.45) is 4.42. The van der Waals surface area contributed by atoms with Gasteiger partial charge in [0.25, 0.3) is 0 Å². The summed E-state index contributed by atoms with van der Waals surface area (Å²) in [5.41, 5.74) is 3.37. The topological polar surface area (TPSA) is 29.1 Å². The van der Waals surface area contributed by atoms with Crippen LogP contribution in [-0.4, -0.2) is 5.91 Å². The molecule has 1 N–H and O–H groups in total. The molecule has 1 aromatic rings. The van der Waals surface area contributed by atoms with Crippen molar-refractivity contribution in [1.82, 2.24) is 0 Å². The fourth-order valence-electron chi connectivity index (χ4n) is 2.13. The summed E-state index contributed by atoms with van der Waals surface area (Å²) in [6, 6.07) is 3.77. The highest BCUT2D eigenvalue weighted by Crippen LogP contribution is 2.33. The van der Waals surface area contributed by atoms with Crippen molar-refractivity contribution in [2.45, 2.75) is 32.6 Å². The highest BCUT2D eigenvalue weighted by atomic mass is 35.5. The van der Waals surface area contributed by atoms with Crippen molar-refractivity contribution < 1.29 is 4.79 Å². The molecule has 0 saturated heterocycles. The predicted molar refractivity (Wildman–Crippen MR) is 62.4 cm³/mol. The summed E-state index contributed by atoms with van der Waals surface area (Å²) in [4.78, 5) is 11.0. The first-order valence-electron chi connectivity index (χ1n) is 5.26. The summed E-state index contributed by atoms with van der Waals surface area (Å²) in [5.74, 6) is -0.0231. The summed E-state index contributed by atoms with van der Waals surface area (Å²) < 4.78 is 0. The molecular weight excluding hydrogens is 210 g/mol. The molecule has 1 aromatic carbocycles. The number of halogens is 1. The number of carbonyl (C=O) groups excluding carboxylic acids is 1. The second-order valence-electron chi connectivity index (χ2n) is 3.94. The lowest BCUT2D eigenvalue weighted by Crippen LogP contribution is -2.12. The average molecular weight is 224 g/mol. The Morgan fingerprint density at radius 2 is 1.93 bits per heavy atom. The average Bonchev–Trinajstić information content (AvgIpc) is 2.22. The van der Waals surface area contributed by atoms with E-state index in [-0.39, 0.29) is 5.91 Å². The van der Waals surface area contributed by atoms with E-state index >= 15 is 0 Å². The highest BCUT2D eigenvalue weighted by Gasteiger charge is 2.16. The Morgan fingerprint density at radius 1 is 1.27 bits per heavy atom. The zero-order chi connectivity index (χ0) is 10.8. The SMILES string of the molecule is CC(=O)Nc1ccc(Cl)c2c1CCCC2. The van der Waals surface area contributed by atoms with E-state index in [0.717, 1.165) is 23.6 Å². The number of benzene rings is 1. The van der Waals surface area contributed by atoms with Crippen molar-refractivity contribution in [3.8, 4) is 0 Å². The molecule has 1 amide bonds. The molecule has 0 spiro atoms. The van der Waals surface area contributed by atoms with E-state index in [2.05, 4.69) is 5.32 Å². The number of anilines is 1. The highest BCUT2D eigenvalue weighted by molar-refractivity contribution is 6.31. The maximum Gasteiger partial charge on any atom is 0.221 e. The minimum atomic E-state index is -0.0231. The van der Waals surface area contributed by atoms with Crippen LogP contribution in [0, 0.1) is 0 Å². The van der Waals surface area contributed by atoms with Crippen LogP contribution in [0.4, 0.5) is 5.69 Å². The van der Waals surface area contributed by atoms with Crippen LogP contribution >= 0.6 is 11.6 Å². The number of fused-ring (bicyclic) bond motifs is 1. The lowest BCUT2D eigenvalue weighted by molar-refractivity contribution is -0.114. The van der Waals surface area contributed by atoms with Crippen LogP contribution < -0.4 is 5.32 Å². The molecule has 3 heteroatoms. The third-order valence-electron chi connectivity index (χ3n) is 2.79. The molecule has 2 rings (SSSR count). The number of rotatable bonds is 1. The molecule has 1 aliphatic rings. The maximum atomic E-state index is 11.0. The fourth-order valence-corrected chi connectivity index (χ4v) is 2.40. The first kappa shape index (κ1) is 10.5. The zero-order valence-corrected chi connectivity index (χ0v) is 9.53. The van der Waals surface area contributed by atoms with E-state index in [1.165, 1.54) is 30.9 Å². The van der Waals surface area contributed by atoms with Crippen LogP contribution in [0.3, 0.4) is 0 Å². The summed E-state index contributed by atoms with van der Waals surface area (Å²) in [6.45, 7) is 1.53. The van der Waals surface area contributed by atoms with Crippen molar-refractivity contribution in [1.29, 1.82) is 0 Å². The molecular formula is C12H14ClNO. The normalized spacial score (nSPS) is 14.5. The van der Waals surface area contributed by atoms with Gasteiger partial charge in [-0.2, -0.15) is 0 Å². The number of hydrogen-bond donors (Lipinski definition) is 1. The Kier molecular flexibility index (Phi) is 2.96. The molecule has 0 saturated carbocycles. The molecule has 0 aliphatic heterocycles. The van der Waals surface area contributed by atoms with E-state index in [1.54, 1.807) is 0 Å². The Hall–Kier alpha value is -1.02. The van der Waals surface area contributed by atoms with Crippen molar-refractivity contribution in [3.63, 3.8) is 0 Å². The van der Waals surface area contributed by atoms with Crippen molar-refractivity contribution in [3.05, 3.63) is 28.3 Å². The van der Waals surface area contributed by atoms with Gasteiger partial charge in [0.15, 0.2) is 0 Å². The monoisotopic (exact) mass is 223 g/mol. The van der Waals surface area contributed by atoms with Gasteiger partial charge in [-0.05, 0) is 48.9 Å². The third kappa shape index (κ3) is 2.15. The number of nitrogens with one attached hydrogen (secondary N) is 1. The van der Waals surface area contributed by atoms with Crippen LogP contribution in [0.5, 0.6) is 0 Å². The zero-order valence-electron chi connectivity index (χ0n) is 8.77. The molecule has 0 fully saturated rings. The molecule has 0 radical (unpaired) electrons. The van der Waals surface area contributed by atoms with Gasteiger partial charge in [-0.25, -0.2) is 0 Å². The van der Waals surface area contributed by atoms with Gasteiger partial charge in [0.05, 0.1) is 0 Å². The van der Waals surface area contributed by atoms with Gasteiger partial charge in [0, 0.05) is 17.6 Å².